The summed E-state index contributed by atoms with van der Waals surface area (Å²) in [5, 5.41) is 15.8. The van der Waals surface area contributed by atoms with Crippen LogP contribution in [0.1, 0.15) is 77.4 Å². The zero-order valence-electron chi connectivity index (χ0n) is 23.0. The smallest absolute Gasteiger partial charge is 0.246 e. The van der Waals surface area contributed by atoms with Crippen LogP contribution < -0.4 is 15.4 Å². The van der Waals surface area contributed by atoms with Gasteiger partial charge in [-0.25, -0.2) is 8.42 Å². The Morgan fingerprint density at radius 3 is 2.55 bits per heavy atom. The molecule has 3 unspecified atom stereocenters. The molecule has 0 aromatic heterocycles. The molecule has 0 radical (unpaired) electrons. The van der Waals surface area contributed by atoms with Crippen molar-refractivity contribution in [1.82, 2.24) is 19.8 Å². The molecule has 3 atom stereocenters. The van der Waals surface area contributed by atoms with E-state index in [0.29, 0.717) is 36.9 Å². The minimum Gasteiger partial charge on any atom is -0.493 e. The quantitative estimate of drug-likeness (QED) is 0.368. The van der Waals surface area contributed by atoms with Crippen LogP contribution in [0.4, 0.5) is 0 Å². The average Bonchev–Trinajstić information content (AvgIpc) is 3.29. The SMILES string of the molecule is CCCOc1ccc(S(=O)(=O)N2CCC(CCCO)CC2)cc1C1NC(=O)C2C(N1)C(CCC)=CN2CC. The Bertz CT molecular complexity index is 1100. The Morgan fingerprint density at radius 1 is 1.13 bits per heavy atom. The number of hydrogen-bond donors (Lipinski definition) is 3. The van der Waals surface area contributed by atoms with Crippen LogP contribution in [-0.2, 0) is 14.8 Å². The van der Waals surface area contributed by atoms with Crippen molar-refractivity contribution in [2.24, 2.45) is 5.92 Å². The molecular formula is C28H44N4O5S. The fraction of sp³-hybridized carbons (Fsp3) is 0.679. The van der Waals surface area contributed by atoms with E-state index in [1.165, 1.54) is 5.57 Å². The van der Waals surface area contributed by atoms with Crippen LogP contribution in [0.5, 0.6) is 5.75 Å². The van der Waals surface area contributed by atoms with Gasteiger partial charge in [-0.3, -0.25) is 10.1 Å². The molecule has 3 aliphatic heterocycles. The van der Waals surface area contributed by atoms with Crippen LogP contribution in [0, 0.1) is 5.92 Å². The summed E-state index contributed by atoms with van der Waals surface area (Å²) >= 11 is 0. The van der Waals surface area contributed by atoms with Crippen LogP contribution in [0.2, 0.25) is 0 Å². The molecule has 2 fully saturated rings. The largest absolute Gasteiger partial charge is 0.493 e. The first kappa shape index (κ1) is 28.9. The van der Waals surface area contributed by atoms with Crippen LogP contribution in [-0.4, -0.2) is 73.6 Å². The average molecular weight is 549 g/mol. The number of benzene rings is 1. The number of carbonyl (C=O) groups is 1. The third-order valence-corrected chi connectivity index (χ3v) is 9.84. The Hall–Kier alpha value is -2.14. The van der Waals surface area contributed by atoms with E-state index in [1.54, 1.807) is 22.5 Å². The minimum atomic E-state index is -3.70. The highest BCUT2D eigenvalue weighted by Crippen LogP contribution is 2.35. The number of fused-ring (bicyclic) bond motifs is 1. The van der Waals surface area contributed by atoms with Crippen molar-refractivity contribution >= 4 is 15.9 Å². The Kier molecular flexibility index (Phi) is 9.73. The Balaban J connectivity index is 1.60. The molecule has 2 saturated heterocycles. The van der Waals surface area contributed by atoms with Crippen molar-refractivity contribution < 1.29 is 23.1 Å². The van der Waals surface area contributed by atoms with E-state index in [0.717, 1.165) is 51.5 Å². The van der Waals surface area contributed by atoms with E-state index in [4.69, 9.17) is 9.84 Å². The molecule has 1 aromatic carbocycles. The molecule has 3 aliphatic rings. The van der Waals surface area contributed by atoms with E-state index in [9.17, 15) is 13.2 Å². The second kappa shape index (κ2) is 12.8. The van der Waals surface area contributed by atoms with Crippen LogP contribution in [0.3, 0.4) is 0 Å². The standard InChI is InChI=1S/C28H44N4O5S/c1-4-8-21-19-31(6-3)26-25(21)29-27(30-28(26)34)23-18-22(10-11-24(23)37-17-5-2)38(35,36)32-14-12-20(13-15-32)9-7-16-33/h10-11,18-20,25-27,29,33H,4-9,12-17H2,1-3H3,(H,30,34). The van der Waals surface area contributed by atoms with Crippen LogP contribution in [0.15, 0.2) is 34.9 Å². The molecule has 212 valence electrons. The highest BCUT2D eigenvalue weighted by molar-refractivity contribution is 7.89. The number of hydrogen-bond acceptors (Lipinski definition) is 7. The number of sulfonamides is 1. The van der Waals surface area contributed by atoms with E-state index in [1.807, 2.05) is 13.8 Å². The van der Waals surface area contributed by atoms with Gasteiger partial charge in [-0.2, -0.15) is 4.31 Å². The number of aliphatic hydroxyl groups is 1. The van der Waals surface area contributed by atoms with Gasteiger partial charge in [0, 0.05) is 38.0 Å². The van der Waals surface area contributed by atoms with Crippen molar-refractivity contribution in [2.45, 2.75) is 88.9 Å². The number of rotatable bonds is 12. The zero-order chi connectivity index (χ0) is 27.3. The predicted octanol–water partition coefficient (Wildman–Crippen LogP) is 3.12. The van der Waals surface area contributed by atoms with Gasteiger partial charge in [0.25, 0.3) is 0 Å². The number of aliphatic hydroxyl groups excluding tert-OH is 1. The predicted molar refractivity (Wildman–Crippen MR) is 147 cm³/mol. The molecule has 1 aromatic rings. The number of carbonyl (C=O) groups excluding carboxylic acids is 1. The number of amides is 1. The molecule has 9 nitrogen and oxygen atoms in total. The Labute approximate surface area is 227 Å². The molecule has 38 heavy (non-hydrogen) atoms. The van der Waals surface area contributed by atoms with Crippen LogP contribution >= 0.6 is 0 Å². The van der Waals surface area contributed by atoms with Crippen molar-refractivity contribution in [3.05, 3.63) is 35.5 Å². The number of nitrogens with zero attached hydrogens (tertiary/aromatic N) is 2. The molecule has 1 amide bonds. The first-order valence-corrected chi connectivity index (χ1v) is 15.7. The second-order valence-corrected chi connectivity index (χ2v) is 12.5. The lowest BCUT2D eigenvalue weighted by molar-refractivity contribution is -0.129. The summed E-state index contributed by atoms with van der Waals surface area (Å²) in [6, 6.07) is 4.57. The van der Waals surface area contributed by atoms with Gasteiger partial charge in [0.05, 0.1) is 17.5 Å². The summed E-state index contributed by atoms with van der Waals surface area (Å²) in [6.07, 6.45) is 7.52. The normalized spacial score (nSPS) is 24.7. The molecule has 0 bridgehead atoms. The molecule has 0 saturated carbocycles. The third-order valence-electron chi connectivity index (χ3n) is 7.95. The number of piperidine rings is 1. The Morgan fingerprint density at radius 2 is 1.89 bits per heavy atom. The minimum absolute atomic E-state index is 0.0670. The maximum Gasteiger partial charge on any atom is 0.246 e. The number of nitrogens with one attached hydrogen (secondary N) is 2. The summed E-state index contributed by atoms with van der Waals surface area (Å²) in [5.41, 5.74) is 1.83. The zero-order valence-corrected chi connectivity index (χ0v) is 23.8. The van der Waals surface area contributed by atoms with E-state index >= 15 is 0 Å². The van der Waals surface area contributed by atoms with Crippen molar-refractivity contribution in [2.75, 3.05) is 32.8 Å². The maximum atomic E-state index is 13.7. The first-order valence-electron chi connectivity index (χ1n) is 14.2. The van der Waals surface area contributed by atoms with Gasteiger partial charge in [-0.05, 0) is 75.1 Å². The lowest BCUT2D eigenvalue weighted by Gasteiger charge is -2.39. The highest BCUT2D eigenvalue weighted by Gasteiger charge is 2.45. The van der Waals surface area contributed by atoms with E-state index in [-0.39, 0.29) is 29.5 Å². The summed E-state index contributed by atoms with van der Waals surface area (Å²) in [7, 11) is -3.70. The summed E-state index contributed by atoms with van der Waals surface area (Å²) in [6.45, 7) is 8.56. The van der Waals surface area contributed by atoms with E-state index in [2.05, 4.69) is 28.7 Å². The van der Waals surface area contributed by atoms with Gasteiger partial charge >= 0.3 is 0 Å². The third kappa shape index (κ3) is 6.03. The number of likely N-dealkylation sites (N-methyl/N-ethyl adjacent to an activating group) is 1. The summed E-state index contributed by atoms with van der Waals surface area (Å²) < 4.78 is 34.9. The van der Waals surface area contributed by atoms with Gasteiger partial charge in [-0.15, -0.1) is 0 Å². The molecule has 0 spiro atoms. The molecule has 4 rings (SSSR count). The summed E-state index contributed by atoms with van der Waals surface area (Å²) in [5.74, 6) is 0.960. The molecule has 3 N–H and O–H groups in total. The lowest BCUT2D eigenvalue weighted by Crippen LogP contribution is -2.62. The van der Waals surface area contributed by atoms with Gasteiger partial charge in [0.2, 0.25) is 15.9 Å². The van der Waals surface area contributed by atoms with Crippen molar-refractivity contribution in [3.63, 3.8) is 0 Å². The van der Waals surface area contributed by atoms with E-state index < -0.39 is 16.2 Å². The van der Waals surface area contributed by atoms with Gasteiger partial charge in [-0.1, -0.05) is 20.3 Å². The molecule has 0 aliphatic carbocycles. The highest BCUT2D eigenvalue weighted by atomic mass is 32.2. The lowest BCUT2D eigenvalue weighted by atomic mass is 9.93. The van der Waals surface area contributed by atoms with Crippen molar-refractivity contribution in [3.8, 4) is 5.75 Å². The number of ether oxygens (including phenoxy) is 1. The van der Waals surface area contributed by atoms with Gasteiger partial charge < -0.3 is 20.1 Å². The second-order valence-electron chi connectivity index (χ2n) is 10.6. The van der Waals surface area contributed by atoms with Crippen molar-refractivity contribution in [1.29, 1.82) is 0 Å². The topological polar surface area (TPSA) is 111 Å². The van der Waals surface area contributed by atoms with Gasteiger partial charge in [0.15, 0.2) is 0 Å². The monoisotopic (exact) mass is 548 g/mol. The molecule has 3 heterocycles. The maximum absolute atomic E-state index is 13.7. The van der Waals surface area contributed by atoms with Crippen LogP contribution in [0.25, 0.3) is 0 Å². The molecule has 10 heteroatoms. The fourth-order valence-electron chi connectivity index (χ4n) is 5.90. The first-order chi connectivity index (χ1) is 18.3. The fourth-order valence-corrected chi connectivity index (χ4v) is 7.41. The molecular weight excluding hydrogens is 504 g/mol. The van der Waals surface area contributed by atoms with Gasteiger partial charge in [0.1, 0.15) is 18.0 Å². The summed E-state index contributed by atoms with van der Waals surface area (Å²) in [4.78, 5) is 15.6.